The van der Waals surface area contributed by atoms with E-state index in [1.807, 2.05) is 0 Å². The Kier molecular flexibility index (Phi) is 7.21. The smallest absolute Gasteiger partial charge is 0.325 e. The average Bonchev–Trinajstić information content (AvgIpc) is 2.70. The summed E-state index contributed by atoms with van der Waals surface area (Å²) in [6, 6.07) is 11.0. The van der Waals surface area contributed by atoms with Crippen molar-refractivity contribution >= 4 is 29.4 Å². The number of nitrogens with one attached hydrogen (secondary N) is 3. The van der Waals surface area contributed by atoms with Gasteiger partial charge in [0.15, 0.2) is 6.61 Å². The molecule has 0 atom stereocenters. The van der Waals surface area contributed by atoms with E-state index in [1.165, 1.54) is 25.2 Å². The molecule has 0 fully saturated rings. The fourth-order valence-electron chi connectivity index (χ4n) is 2.13. The van der Waals surface area contributed by atoms with Crippen molar-refractivity contribution in [3.8, 4) is 0 Å². The number of rotatable bonds is 7. The maximum atomic E-state index is 12.8. The van der Waals surface area contributed by atoms with Crippen LogP contribution in [0, 0.1) is 5.82 Å². The third-order valence-corrected chi connectivity index (χ3v) is 3.50. The van der Waals surface area contributed by atoms with Crippen molar-refractivity contribution in [3.05, 3.63) is 65.5 Å². The van der Waals surface area contributed by atoms with E-state index in [0.717, 1.165) is 12.1 Å². The summed E-state index contributed by atoms with van der Waals surface area (Å²) in [7, 11) is 1.49. The van der Waals surface area contributed by atoms with Crippen LogP contribution >= 0.6 is 0 Å². The molecule has 0 saturated carbocycles. The largest absolute Gasteiger partial charge is 0.454 e. The lowest BCUT2D eigenvalue weighted by Gasteiger charge is -2.08. The lowest BCUT2D eigenvalue weighted by Crippen LogP contribution is -2.32. The van der Waals surface area contributed by atoms with Crippen LogP contribution in [0.25, 0.3) is 0 Å². The van der Waals surface area contributed by atoms with Gasteiger partial charge >= 0.3 is 5.97 Å². The standard InChI is InChI=1S/C19H18FN3O5/c1-21-18(26)13-3-2-4-15(9-13)23-16(24)11-28-17(25)10-22-19(27)12-5-7-14(20)8-6-12/h2-9H,10-11H2,1H3,(H,21,26)(H,22,27)(H,23,24). The summed E-state index contributed by atoms with van der Waals surface area (Å²) in [4.78, 5) is 46.9. The lowest BCUT2D eigenvalue weighted by atomic mass is 10.2. The number of amides is 3. The quantitative estimate of drug-likeness (QED) is 0.616. The Bertz CT molecular complexity index is 883. The van der Waals surface area contributed by atoms with Gasteiger partial charge in [-0.25, -0.2) is 4.39 Å². The van der Waals surface area contributed by atoms with E-state index >= 15 is 0 Å². The molecule has 2 aromatic rings. The van der Waals surface area contributed by atoms with Gasteiger partial charge in [0.25, 0.3) is 17.7 Å². The summed E-state index contributed by atoms with van der Waals surface area (Å²) in [5.74, 6) is -2.79. The highest BCUT2D eigenvalue weighted by atomic mass is 19.1. The third-order valence-electron chi connectivity index (χ3n) is 3.50. The normalized spacial score (nSPS) is 9.93. The fourth-order valence-corrected chi connectivity index (χ4v) is 2.13. The Labute approximate surface area is 160 Å². The molecule has 0 bridgehead atoms. The zero-order valence-electron chi connectivity index (χ0n) is 15.0. The van der Waals surface area contributed by atoms with Crippen LogP contribution < -0.4 is 16.0 Å². The molecule has 3 N–H and O–H groups in total. The third kappa shape index (κ3) is 6.20. The number of hydrogen-bond acceptors (Lipinski definition) is 5. The Hall–Kier alpha value is -3.75. The molecule has 28 heavy (non-hydrogen) atoms. The average molecular weight is 387 g/mol. The molecule has 0 aliphatic rings. The zero-order chi connectivity index (χ0) is 20.5. The topological polar surface area (TPSA) is 114 Å². The van der Waals surface area contributed by atoms with Crippen molar-refractivity contribution in [2.45, 2.75) is 0 Å². The van der Waals surface area contributed by atoms with Gasteiger partial charge in [0.05, 0.1) is 0 Å². The van der Waals surface area contributed by atoms with Gasteiger partial charge in [0.2, 0.25) is 0 Å². The van der Waals surface area contributed by atoms with E-state index in [4.69, 9.17) is 4.74 Å². The second-order valence-electron chi connectivity index (χ2n) is 5.56. The lowest BCUT2D eigenvalue weighted by molar-refractivity contribution is -0.146. The van der Waals surface area contributed by atoms with Crippen LogP contribution in [0.2, 0.25) is 0 Å². The summed E-state index contributed by atoms with van der Waals surface area (Å²) < 4.78 is 17.6. The number of ether oxygens (including phenoxy) is 1. The van der Waals surface area contributed by atoms with Crippen LogP contribution in [0.5, 0.6) is 0 Å². The summed E-state index contributed by atoms with van der Waals surface area (Å²) in [5, 5.41) is 7.27. The second-order valence-corrected chi connectivity index (χ2v) is 5.56. The van der Waals surface area contributed by atoms with E-state index in [0.29, 0.717) is 11.3 Å². The predicted molar refractivity (Wildman–Crippen MR) is 98.2 cm³/mol. The maximum absolute atomic E-state index is 12.8. The molecule has 0 heterocycles. The van der Waals surface area contributed by atoms with Crippen molar-refractivity contribution < 1.29 is 28.3 Å². The summed E-state index contributed by atoms with van der Waals surface area (Å²) in [6.45, 7) is -1.01. The number of benzene rings is 2. The van der Waals surface area contributed by atoms with Gasteiger partial charge in [0, 0.05) is 23.9 Å². The second kappa shape index (κ2) is 9.81. The first-order valence-corrected chi connectivity index (χ1v) is 8.20. The molecule has 146 valence electrons. The highest BCUT2D eigenvalue weighted by molar-refractivity contribution is 5.98. The summed E-state index contributed by atoms with van der Waals surface area (Å²) in [6.07, 6.45) is 0. The van der Waals surface area contributed by atoms with Crippen LogP contribution in [0.3, 0.4) is 0 Å². The maximum Gasteiger partial charge on any atom is 0.325 e. The summed E-state index contributed by atoms with van der Waals surface area (Å²) >= 11 is 0. The van der Waals surface area contributed by atoms with Crippen molar-refractivity contribution in [2.24, 2.45) is 0 Å². The molecule has 0 aromatic heterocycles. The van der Waals surface area contributed by atoms with Gasteiger partial charge in [0.1, 0.15) is 12.4 Å². The summed E-state index contributed by atoms with van der Waals surface area (Å²) in [5.41, 5.74) is 0.913. The highest BCUT2D eigenvalue weighted by Crippen LogP contribution is 2.10. The molecule has 0 aliphatic carbocycles. The van der Waals surface area contributed by atoms with Crippen LogP contribution in [-0.2, 0) is 14.3 Å². The Morgan fingerprint density at radius 1 is 0.964 bits per heavy atom. The molecule has 0 unspecified atom stereocenters. The number of hydrogen-bond donors (Lipinski definition) is 3. The van der Waals surface area contributed by atoms with Gasteiger partial charge in [-0.3, -0.25) is 19.2 Å². The van der Waals surface area contributed by atoms with Crippen LogP contribution in [0.1, 0.15) is 20.7 Å². The van der Waals surface area contributed by atoms with Gasteiger partial charge in [-0.05, 0) is 42.5 Å². The molecule has 0 aliphatic heterocycles. The van der Waals surface area contributed by atoms with Crippen LogP contribution in [0.15, 0.2) is 48.5 Å². The van der Waals surface area contributed by atoms with Crippen molar-refractivity contribution in [1.29, 1.82) is 0 Å². The Balaban J connectivity index is 1.76. The van der Waals surface area contributed by atoms with Gasteiger partial charge < -0.3 is 20.7 Å². The highest BCUT2D eigenvalue weighted by Gasteiger charge is 2.12. The SMILES string of the molecule is CNC(=O)c1cccc(NC(=O)COC(=O)CNC(=O)c2ccc(F)cc2)c1. The number of esters is 1. The molecule has 0 saturated heterocycles. The van der Waals surface area contributed by atoms with E-state index in [-0.39, 0.29) is 11.5 Å². The Morgan fingerprint density at radius 3 is 2.36 bits per heavy atom. The van der Waals surface area contributed by atoms with E-state index < -0.39 is 36.8 Å². The zero-order valence-corrected chi connectivity index (χ0v) is 15.0. The first kappa shape index (κ1) is 20.6. The number of halogens is 1. The molecule has 2 rings (SSSR count). The fraction of sp³-hybridized carbons (Fsp3) is 0.158. The minimum Gasteiger partial charge on any atom is -0.454 e. The number of anilines is 1. The minimum atomic E-state index is -0.815. The van der Waals surface area contributed by atoms with Crippen LogP contribution in [0.4, 0.5) is 10.1 Å². The Morgan fingerprint density at radius 2 is 1.68 bits per heavy atom. The van der Waals surface area contributed by atoms with Crippen molar-refractivity contribution in [1.82, 2.24) is 10.6 Å². The monoisotopic (exact) mass is 387 g/mol. The molecule has 2 aromatic carbocycles. The molecule has 9 heteroatoms. The van der Waals surface area contributed by atoms with Gasteiger partial charge in [-0.15, -0.1) is 0 Å². The number of carbonyl (C=O) groups is 4. The molecule has 0 radical (unpaired) electrons. The van der Waals surface area contributed by atoms with Crippen molar-refractivity contribution in [3.63, 3.8) is 0 Å². The number of carbonyl (C=O) groups excluding carboxylic acids is 4. The van der Waals surface area contributed by atoms with Gasteiger partial charge in [-0.2, -0.15) is 0 Å². The molecular weight excluding hydrogens is 369 g/mol. The van der Waals surface area contributed by atoms with Gasteiger partial charge in [-0.1, -0.05) is 6.07 Å². The first-order valence-electron chi connectivity index (χ1n) is 8.20. The minimum absolute atomic E-state index is 0.183. The molecular formula is C19H18FN3O5. The molecule has 0 spiro atoms. The van der Waals surface area contributed by atoms with E-state index in [9.17, 15) is 23.6 Å². The van der Waals surface area contributed by atoms with E-state index in [2.05, 4.69) is 16.0 Å². The molecule has 3 amide bonds. The van der Waals surface area contributed by atoms with Crippen LogP contribution in [-0.4, -0.2) is 43.9 Å². The predicted octanol–water partition coefficient (Wildman–Crippen LogP) is 1.10. The molecule has 8 nitrogen and oxygen atoms in total. The van der Waals surface area contributed by atoms with E-state index in [1.54, 1.807) is 18.2 Å². The van der Waals surface area contributed by atoms with Crippen molar-refractivity contribution in [2.75, 3.05) is 25.5 Å². The first-order chi connectivity index (χ1) is 13.4.